The lowest BCUT2D eigenvalue weighted by atomic mass is 9.80. The van der Waals surface area contributed by atoms with Crippen LogP contribution >= 0.6 is 11.3 Å². The predicted molar refractivity (Wildman–Crippen MR) is 103 cm³/mol. The van der Waals surface area contributed by atoms with Crippen LogP contribution in [-0.2, 0) is 19.6 Å². The third kappa shape index (κ3) is 4.18. The van der Waals surface area contributed by atoms with Gasteiger partial charge < -0.3 is 14.7 Å². The van der Waals surface area contributed by atoms with Gasteiger partial charge in [-0.3, -0.25) is 9.59 Å². The summed E-state index contributed by atoms with van der Waals surface area (Å²) in [5.41, 5.74) is -0.155. The van der Waals surface area contributed by atoms with E-state index in [9.17, 15) is 18.0 Å². The summed E-state index contributed by atoms with van der Waals surface area (Å²) in [7, 11) is 0.321. The first-order valence-electron chi connectivity index (χ1n) is 8.84. The molecule has 2 saturated heterocycles. The van der Waals surface area contributed by atoms with Crippen LogP contribution < -0.4 is 4.72 Å². The summed E-state index contributed by atoms with van der Waals surface area (Å²) in [5.74, 6) is 0.0443. The Morgan fingerprint density at radius 2 is 1.96 bits per heavy atom. The lowest BCUT2D eigenvalue weighted by Crippen LogP contribution is -2.45. The van der Waals surface area contributed by atoms with Crippen LogP contribution in [0.2, 0.25) is 0 Å². The van der Waals surface area contributed by atoms with Gasteiger partial charge in [-0.15, -0.1) is 11.3 Å². The second-order valence-electron chi connectivity index (χ2n) is 7.73. The predicted octanol–water partition coefficient (Wildman–Crippen LogP) is -0.105. The normalized spacial score (nSPS) is 25.3. The Balaban J connectivity index is 1.65. The Bertz CT molecular complexity index is 809. The van der Waals surface area contributed by atoms with Gasteiger partial charge in [0, 0.05) is 51.0 Å². The maximum Gasteiger partial charge on any atom is 0.250 e. The zero-order valence-electron chi connectivity index (χ0n) is 15.8. The van der Waals surface area contributed by atoms with Crippen molar-refractivity contribution in [3.63, 3.8) is 0 Å². The molecule has 2 aliphatic heterocycles. The van der Waals surface area contributed by atoms with Gasteiger partial charge in [-0.2, -0.15) is 0 Å². The zero-order valence-corrected chi connectivity index (χ0v) is 17.5. The summed E-state index contributed by atoms with van der Waals surface area (Å²) in [4.78, 5) is 30.1. The highest BCUT2D eigenvalue weighted by Gasteiger charge is 2.54. The number of hydrogen-bond donors (Lipinski definition) is 1. The number of rotatable bonds is 6. The van der Waals surface area contributed by atoms with Gasteiger partial charge in [0.15, 0.2) is 0 Å². The summed E-state index contributed by atoms with van der Waals surface area (Å²) in [6, 6.07) is 3.18. The van der Waals surface area contributed by atoms with E-state index < -0.39 is 10.0 Å². The molecule has 0 aromatic carbocycles. The van der Waals surface area contributed by atoms with Crippen molar-refractivity contribution in [1.29, 1.82) is 0 Å². The highest BCUT2D eigenvalue weighted by Crippen LogP contribution is 2.43. The van der Waals surface area contributed by atoms with Crippen molar-refractivity contribution >= 4 is 33.2 Å². The molecule has 2 aliphatic rings. The third-order valence-electron chi connectivity index (χ3n) is 5.36. The number of carbonyl (C=O) groups excluding carboxylic acids is 2. The molecule has 0 unspecified atom stereocenters. The van der Waals surface area contributed by atoms with Crippen molar-refractivity contribution in [1.82, 2.24) is 19.4 Å². The van der Waals surface area contributed by atoms with Gasteiger partial charge >= 0.3 is 0 Å². The van der Waals surface area contributed by atoms with Crippen LogP contribution in [0.25, 0.3) is 0 Å². The van der Waals surface area contributed by atoms with Gasteiger partial charge in [0.25, 0.3) is 10.0 Å². The minimum atomic E-state index is -3.65. The summed E-state index contributed by atoms with van der Waals surface area (Å²) in [6.07, 6.45) is 0. The van der Waals surface area contributed by atoms with Gasteiger partial charge in [0.05, 0.1) is 6.54 Å². The number of fused-ring (bicyclic) bond motifs is 1. The largest absolute Gasteiger partial charge is 0.342 e. The number of likely N-dealkylation sites (tertiary alicyclic amines) is 2. The van der Waals surface area contributed by atoms with Crippen molar-refractivity contribution in [3.8, 4) is 0 Å². The zero-order chi connectivity index (χ0) is 19.8. The van der Waals surface area contributed by atoms with E-state index in [-0.39, 0.29) is 33.9 Å². The summed E-state index contributed by atoms with van der Waals surface area (Å²) >= 11 is 1.12. The van der Waals surface area contributed by atoms with E-state index in [4.69, 9.17) is 0 Å². The van der Waals surface area contributed by atoms with Gasteiger partial charge in [-0.1, -0.05) is 6.07 Å². The number of carbonyl (C=O) groups is 2. The van der Waals surface area contributed by atoms with Gasteiger partial charge in [-0.25, -0.2) is 13.1 Å². The number of sulfonamides is 1. The first-order valence-corrected chi connectivity index (χ1v) is 11.2. The lowest BCUT2D eigenvalue weighted by Gasteiger charge is -2.32. The van der Waals surface area contributed by atoms with Crippen LogP contribution in [0.3, 0.4) is 0 Å². The number of hydrogen-bond acceptors (Lipinski definition) is 6. The van der Waals surface area contributed by atoms with Gasteiger partial charge in [0.1, 0.15) is 4.21 Å². The van der Waals surface area contributed by atoms with Crippen LogP contribution in [0.1, 0.15) is 6.92 Å². The standard InChI is InChI=1S/C17H26N4O4S2/c1-13(22)20-8-14-9-21(12-17(14,11-20)10-19(2)3)15(23)7-18-27(24,25)16-5-4-6-26-16/h4-6,14,18H,7-12H2,1-3H3/t14-,17+/m1/s1. The molecule has 0 spiro atoms. The molecule has 0 aliphatic carbocycles. The summed E-state index contributed by atoms with van der Waals surface area (Å²) < 4.78 is 27.0. The van der Waals surface area contributed by atoms with Crippen molar-refractivity contribution in [2.45, 2.75) is 11.1 Å². The number of thiophene rings is 1. The van der Waals surface area contributed by atoms with E-state index in [2.05, 4.69) is 9.62 Å². The molecule has 0 radical (unpaired) electrons. The molecule has 1 aromatic rings. The molecule has 3 rings (SSSR count). The van der Waals surface area contributed by atoms with E-state index in [0.29, 0.717) is 26.2 Å². The minimum Gasteiger partial charge on any atom is -0.342 e. The topological polar surface area (TPSA) is 90.0 Å². The average molecular weight is 415 g/mol. The van der Waals surface area contributed by atoms with Gasteiger partial charge in [-0.05, 0) is 25.5 Å². The maximum absolute atomic E-state index is 12.6. The molecule has 2 fully saturated rings. The smallest absolute Gasteiger partial charge is 0.250 e. The molecule has 10 heteroatoms. The van der Waals surface area contributed by atoms with Gasteiger partial charge in [0.2, 0.25) is 11.8 Å². The monoisotopic (exact) mass is 414 g/mol. The highest BCUT2D eigenvalue weighted by molar-refractivity contribution is 7.91. The molecular formula is C17H26N4O4S2. The fourth-order valence-corrected chi connectivity index (χ4v) is 6.23. The first kappa shape index (κ1) is 20.2. The number of nitrogens with zero attached hydrogens (tertiary/aromatic N) is 3. The molecule has 8 nitrogen and oxygen atoms in total. The Morgan fingerprint density at radius 3 is 2.56 bits per heavy atom. The molecule has 27 heavy (non-hydrogen) atoms. The van der Waals surface area contributed by atoms with Crippen molar-refractivity contribution in [3.05, 3.63) is 17.5 Å². The number of amides is 2. The van der Waals surface area contributed by atoms with Crippen LogP contribution in [0, 0.1) is 11.3 Å². The van der Waals surface area contributed by atoms with Crippen molar-refractivity contribution < 1.29 is 18.0 Å². The fraction of sp³-hybridized carbons (Fsp3) is 0.647. The Morgan fingerprint density at radius 1 is 1.30 bits per heavy atom. The second-order valence-corrected chi connectivity index (χ2v) is 10.7. The average Bonchev–Trinajstić information content (AvgIpc) is 3.25. The highest BCUT2D eigenvalue weighted by atomic mass is 32.2. The lowest BCUT2D eigenvalue weighted by molar-refractivity contribution is -0.130. The molecule has 2 amide bonds. The molecule has 0 bridgehead atoms. The Hall–Kier alpha value is -1.49. The molecule has 3 heterocycles. The summed E-state index contributed by atoms with van der Waals surface area (Å²) in [5, 5.41) is 1.68. The molecule has 1 aromatic heterocycles. The molecule has 2 atom stereocenters. The minimum absolute atomic E-state index is 0.0594. The van der Waals surface area contributed by atoms with Crippen molar-refractivity contribution in [2.24, 2.45) is 11.3 Å². The third-order valence-corrected chi connectivity index (χ3v) is 8.16. The SMILES string of the molecule is CC(=O)N1C[C@@H]2CN(C(=O)CNS(=O)(=O)c3cccs3)C[C@]2(CN(C)C)C1. The van der Waals surface area contributed by atoms with E-state index in [1.807, 2.05) is 19.0 Å². The second kappa shape index (κ2) is 7.50. The molecule has 1 N–H and O–H groups in total. The molecule has 150 valence electrons. The van der Waals surface area contributed by atoms with Crippen LogP contribution in [0.5, 0.6) is 0 Å². The van der Waals surface area contributed by atoms with E-state index in [0.717, 1.165) is 17.9 Å². The Labute approximate surface area is 164 Å². The molecular weight excluding hydrogens is 388 g/mol. The maximum atomic E-state index is 12.6. The van der Waals surface area contributed by atoms with Crippen LogP contribution in [0.4, 0.5) is 0 Å². The first-order chi connectivity index (χ1) is 12.6. The van der Waals surface area contributed by atoms with E-state index >= 15 is 0 Å². The van der Waals surface area contributed by atoms with E-state index in [1.54, 1.807) is 23.3 Å². The fourth-order valence-electron chi connectivity index (χ4n) is 4.22. The molecule has 0 saturated carbocycles. The quantitative estimate of drug-likeness (QED) is 0.702. The number of nitrogens with one attached hydrogen (secondary N) is 1. The van der Waals surface area contributed by atoms with Crippen molar-refractivity contribution in [2.75, 3.05) is 53.4 Å². The van der Waals surface area contributed by atoms with E-state index in [1.165, 1.54) is 6.07 Å². The van der Waals surface area contributed by atoms with Crippen LogP contribution in [-0.4, -0.2) is 88.3 Å². The Kier molecular flexibility index (Phi) is 5.62. The summed E-state index contributed by atoms with van der Waals surface area (Å²) in [6.45, 7) is 4.49. The van der Waals surface area contributed by atoms with Crippen LogP contribution in [0.15, 0.2) is 21.7 Å².